The van der Waals surface area contributed by atoms with Crippen LogP contribution in [0.2, 0.25) is 0 Å². The average molecular weight is 308 g/mol. The van der Waals surface area contributed by atoms with Crippen LogP contribution in [-0.4, -0.2) is 15.0 Å². The molecule has 0 unspecified atom stereocenters. The Bertz CT molecular complexity index is 310. The highest BCUT2D eigenvalue weighted by Gasteiger charge is 2.12. The second-order valence-electron chi connectivity index (χ2n) is 2.97. The monoisotopic (exact) mass is 308 g/mol. The fourth-order valence-electron chi connectivity index (χ4n) is 1.07. The lowest BCUT2D eigenvalue weighted by atomic mass is 10.1. The highest BCUT2D eigenvalue weighted by atomic mass is 127. The Hall–Kier alpha value is -0.650. The van der Waals surface area contributed by atoms with Crippen LogP contribution in [0.3, 0.4) is 0 Å². The Morgan fingerprint density at radius 1 is 1.43 bits per heavy atom. The van der Waals surface area contributed by atoms with Crippen LogP contribution >= 0.6 is 22.6 Å². The van der Waals surface area contributed by atoms with Crippen molar-refractivity contribution in [3.63, 3.8) is 0 Å². The Labute approximate surface area is 95.3 Å². The lowest BCUT2D eigenvalue weighted by molar-refractivity contribution is -0.136. The molecular formula is C10H10FIO2. The molecule has 2 nitrogen and oxygen atoms in total. The minimum Gasteiger partial charge on any atom is -0.480 e. The van der Waals surface area contributed by atoms with E-state index in [1.54, 1.807) is 12.1 Å². The molecule has 0 radical (unpaired) electrons. The summed E-state index contributed by atoms with van der Waals surface area (Å²) in [5.74, 6) is -1.06. The van der Waals surface area contributed by atoms with E-state index in [-0.39, 0.29) is 9.74 Å². The summed E-state index contributed by atoms with van der Waals surface area (Å²) in [6.45, 7) is 0. The number of aliphatic carboxylic acids is 1. The van der Waals surface area contributed by atoms with Gasteiger partial charge in [0.1, 0.15) is 9.74 Å². The molecule has 0 amide bonds. The first-order valence-corrected chi connectivity index (χ1v) is 5.45. The largest absolute Gasteiger partial charge is 0.480 e. The minimum absolute atomic E-state index is 0.266. The first-order chi connectivity index (χ1) is 6.59. The molecule has 1 rings (SSSR count). The first kappa shape index (κ1) is 11.4. The molecule has 14 heavy (non-hydrogen) atoms. The number of carbonyl (C=O) groups is 1. The van der Waals surface area contributed by atoms with Crippen LogP contribution < -0.4 is 0 Å². The maximum atomic E-state index is 12.5. The zero-order chi connectivity index (χ0) is 10.6. The summed E-state index contributed by atoms with van der Waals surface area (Å²) in [7, 11) is 0. The molecular weight excluding hydrogens is 298 g/mol. The number of alkyl halides is 1. The molecule has 1 aromatic carbocycles. The summed E-state index contributed by atoms with van der Waals surface area (Å²) < 4.78 is 12.1. The molecule has 0 heterocycles. The topological polar surface area (TPSA) is 37.3 Å². The number of rotatable bonds is 4. The van der Waals surface area contributed by atoms with E-state index in [0.717, 1.165) is 5.56 Å². The summed E-state index contributed by atoms with van der Waals surface area (Å²) >= 11 is 1.89. The molecule has 0 aliphatic carbocycles. The fraction of sp³-hybridized carbons (Fsp3) is 0.300. The molecule has 4 heteroatoms. The Morgan fingerprint density at radius 2 is 2.00 bits per heavy atom. The zero-order valence-corrected chi connectivity index (χ0v) is 9.57. The van der Waals surface area contributed by atoms with Gasteiger partial charge >= 0.3 is 5.97 Å². The van der Waals surface area contributed by atoms with Crippen molar-refractivity contribution in [2.24, 2.45) is 0 Å². The molecule has 1 N–H and O–H groups in total. The molecule has 76 valence electrons. The number of hydrogen-bond acceptors (Lipinski definition) is 1. The Morgan fingerprint density at radius 3 is 2.50 bits per heavy atom. The van der Waals surface area contributed by atoms with Crippen LogP contribution in [0.5, 0.6) is 0 Å². The Balaban J connectivity index is 2.46. The van der Waals surface area contributed by atoms with Crippen molar-refractivity contribution >= 4 is 28.6 Å². The highest BCUT2D eigenvalue weighted by molar-refractivity contribution is 14.1. The molecule has 0 aromatic heterocycles. The van der Waals surface area contributed by atoms with Crippen molar-refractivity contribution in [3.8, 4) is 0 Å². The zero-order valence-electron chi connectivity index (χ0n) is 7.41. The second kappa shape index (κ2) is 5.29. The highest BCUT2D eigenvalue weighted by Crippen LogP contribution is 2.12. The predicted octanol–water partition coefficient (Wildman–Crippen LogP) is 2.65. The summed E-state index contributed by atoms with van der Waals surface area (Å²) in [6, 6.07) is 6.14. The van der Waals surface area contributed by atoms with Crippen molar-refractivity contribution in [1.29, 1.82) is 0 Å². The third-order valence-corrected chi connectivity index (χ3v) is 3.02. The van der Waals surface area contributed by atoms with Crippen LogP contribution in [0, 0.1) is 5.82 Å². The van der Waals surface area contributed by atoms with E-state index in [0.29, 0.717) is 12.8 Å². The van der Waals surface area contributed by atoms with E-state index >= 15 is 0 Å². The maximum Gasteiger partial charge on any atom is 0.316 e. The average Bonchev–Trinajstić information content (AvgIpc) is 2.16. The van der Waals surface area contributed by atoms with Crippen LogP contribution in [0.4, 0.5) is 4.39 Å². The van der Waals surface area contributed by atoms with Crippen molar-refractivity contribution in [2.45, 2.75) is 16.8 Å². The van der Waals surface area contributed by atoms with Gasteiger partial charge in [-0.05, 0) is 30.5 Å². The normalized spacial score (nSPS) is 12.4. The second-order valence-corrected chi connectivity index (χ2v) is 4.47. The van der Waals surface area contributed by atoms with Crippen LogP contribution in [0.15, 0.2) is 24.3 Å². The van der Waals surface area contributed by atoms with Gasteiger partial charge in [-0.2, -0.15) is 0 Å². The molecule has 0 saturated carbocycles. The maximum absolute atomic E-state index is 12.5. The van der Waals surface area contributed by atoms with Gasteiger partial charge in [-0.15, -0.1) is 0 Å². The number of aryl methyl sites for hydroxylation is 1. The molecule has 0 spiro atoms. The molecule has 1 atom stereocenters. The summed E-state index contributed by atoms with van der Waals surface area (Å²) in [6.07, 6.45) is 1.24. The van der Waals surface area contributed by atoms with Crippen molar-refractivity contribution in [3.05, 3.63) is 35.6 Å². The van der Waals surface area contributed by atoms with Crippen molar-refractivity contribution < 1.29 is 14.3 Å². The predicted molar refractivity (Wildman–Crippen MR) is 60.2 cm³/mol. The van der Waals surface area contributed by atoms with E-state index in [4.69, 9.17) is 5.11 Å². The van der Waals surface area contributed by atoms with Gasteiger partial charge in [0.15, 0.2) is 0 Å². The number of carboxylic acids is 1. The minimum atomic E-state index is -0.798. The quantitative estimate of drug-likeness (QED) is 0.686. The van der Waals surface area contributed by atoms with Gasteiger partial charge in [0.05, 0.1) is 0 Å². The Kier molecular flexibility index (Phi) is 4.31. The molecule has 1 aromatic rings. The van der Waals surface area contributed by atoms with E-state index in [2.05, 4.69) is 0 Å². The van der Waals surface area contributed by atoms with E-state index in [9.17, 15) is 9.18 Å². The van der Waals surface area contributed by atoms with Crippen molar-refractivity contribution in [2.75, 3.05) is 0 Å². The summed E-state index contributed by atoms with van der Waals surface area (Å²) in [5, 5.41) is 8.64. The smallest absolute Gasteiger partial charge is 0.316 e. The molecule has 0 bridgehead atoms. The van der Waals surface area contributed by atoms with Gasteiger partial charge in [0.2, 0.25) is 0 Å². The standard InChI is InChI=1S/C10H10FIO2/c11-8-4-1-7(2-5-8)3-6-9(12)10(13)14/h1-2,4-5,9H,3,6H2,(H,13,14)/t9-/m0/s1. The SMILES string of the molecule is O=C(O)[C@@H](I)CCc1ccc(F)cc1. The van der Waals surface area contributed by atoms with E-state index in [1.165, 1.54) is 12.1 Å². The molecule has 0 aliphatic heterocycles. The summed E-state index contributed by atoms with van der Waals surface area (Å²) in [5.41, 5.74) is 0.967. The third-order valence-electron chi connectivity index (χ3n) is 1.87. The van der Waals surface area contributed by atoms with Crippen LogP contribution in [-0.2, 0) is 11.2 Å². The van der Waals surface area contributed by atoms with E-state index < -0.39 is 5.97 Å². The van der Waals surface area contributed by atoms with Gasteiger partial charge in [-0.25, -0.2) is 4.39 Å². The van der Waals surface area contributed by atoms with Crippen LogP contribution in [0.25, 0.3) is 0 Å². The summed E-state index contributed by atoms with van der Waals surface area (Å²) in [4.78, 5) is 10.5. The number of carboxylic acid groups (broad SMARTS) is 1. The molecule has 0 saturated heterocycles. The van der Waals surface area contributed by atoms with Gasteiger partial charge in [-0.3, -0.25) is 4.79 Å². The number of halogens is 2. The number of benzene rings is 1. The lowest BCUT2D eigenvalue weighted by Crippen LogP contribution is -2.13. The van der Waals surface area contributed by atoms with Gasteiger partial charge in [0.25, 0.3) is 0 Å². The fourth-order valence-corrected chi connectivity index (χ4v) is 1.38. The van der Waals surface area contributed by atoms with Gasteiger partial charge in [0, 0.05) is 0 Å². The third kappa shape index (κ3) is 3.61. The van der Waals surface area contributed by atoms with Gasteiger partial charge < -0.3 is 5.11 Å². The first-order valence-electron chi connectivity index (χ1n) is 4.21. The molecule has 0 fully saturated rings. The van der Waals surface area contributed by atoms with Crippen LogP contribution in [0.1, 0.15) is 12.0 Å². The number of hydrogen-bond donors (Lipinski definition) is 1. The van der Waals surface area contributed by atoms with E-state index in [1.807, 2.05) is 22.6 Å². The lowest BCUT2D eigenvalue weighted by Gasteiger charge is -2.04. The van der Waals surface area contributed by atoms with Gasteiger partial charge in [-0.1, -0.05) is 34.7 Å². The van der Waals surface area contributed by atoms with Crippen molar-refractivity contribution in [1.82, 2.24) is 0 Å². The molecule has 0 aliphatic rings.